The highest BCUT2D eigenvalue weighted by Gasteiger charge is 2.51. The van der Waals surface area contributed by atoms with E-state index in [9.17, 15) is 45.6 Å². The Balaban J connectivity index is 1.75. The minimum absolute atomic E-state index is 0.251. The molecule has 0 saturated carbocycles. The van der Waals surface area contributed by atoms with E-state index in [1.165, 1.54) is 116 Å². The standard InChI is InChI=1S/C69H119NO13/c1-3-5-7-9-11-13-15-17-19-21-23-25-27-29-31-33-35-37-39-41-43-45-47-49-51-53-61(74)70-57(56-80-68-66(79)64(77)67(60(55-72)82-68)83-69-65(78)63(76)62(75)59(54-71)81-69)58(73)52-50-48-46-44-42-40-38-36-34-32-30-28-26-24-22-20-18-16-14-12-10-8-6-4-2/h5,7,11,13,17,19,23,25,29,31,35,37,42,44,50,52,57-60,62-69,71-73,75-79H,3-4,6,8-10,12,14-16,18,20-22,24,26-28,30,32-34,36,38-41,43,45-49,51,53-56H2,1-2H3,(H,70,74)/b7-5-,13-11-,19-17-,25-23-,31-29-,37-35-,44-42+,52-50+. The van der Waals surface area contributed by atoms with E-state index in [0.717, 1.165) is 89.9 Å². The third kappa shape index (κ3) is 37.9. The lowest BCUT2D eigenvalue weighted by Gasteiger charge is -2.46. The van der Waals surface area contributed by atoms with Gasteiger partial charge in [-0.15, -0.1) is 0 Å². The number of aliphatic hydroxyl groups excluding tert-OH is 8. The molecule has 0 aromatic rings. The Morgan fingerprint density at radius 1 is 0.446 bits per heavy atom. The summed E-state index contributed by atoms with van der Waals surface area (Å²) in [6, 6.07) is -0.948. The van der Waals surface area contributed by atoms with Gasteiger partial charge < -0.3 is 65.1 Å². The second-order valence-corrected chi connectivity index (χ2v) is 22.9. The Morgan fingerprint density at radius 2 is 0.843 bits per heavy atom. The van der Waals surface area contributed by atoms with Crippen LogP contribution in [0.15, 0.2) is 97.2 Å². The molecule has 0 aromatic carbocycles. The van der Waals surface area contributed by atoms with Crippen LogP contribution < -0.4 is 5.32 Å². The zero-order chi connectivity index (χ0) is 60.2. The van der Waals surface area contributed by atoms with Crippen molar-refractivity contribution in [2.45, 2.75) is 312 Å². The summed E-state index contributed by atoms with van der Waals surface area (Å²) >= 11 is 0. The molecule has 0 radical (unpaired) electrons. The van der Waals surface area contributed by atoms with Crippen LogP contribution in [0.3, 0.4) is 0 Å². The highest BCUT2D eigenvalue weighted by Crippen LogP contribution is 2.30. The highest BCUT2D eigenvalue weighted by molar-refractivity contribution is 5.76. The Labute approximate surface area is 503 Å². The number of unbranched alkanes of at least 4 members (excludes halogenated alkanes) is 25. The minimum atomic E-state index is -1.80. The molecule has 12 unspecified atom stereocenters. The molecule has 1 amide bonds. The van der Waals surface area contributed by atoms with Gasteiger partial charge in [0, 0.05) is 6.42 Å². The number of amides is 1. The third-order valence-corrected chi connectivity index (χ3v) is 15.5. The average molecular weight is 1170 g/mol. The predicted octanol–water partition coefficient (Wildman–Crippen LogP) is 12.6. The number of hydrogen-bond donors (Lipinski definition) is 9. The van der Waals surface area contributed by atoms with Crippen LogP contribution in [-0.2, 0) is 23.7 Å². The van der Waals surface area contributed by atoms with Gasteiger partial charge in [-0.05, 0) is 83.5 Å². The van der Waals surface area contributed by atoms with Crippen LogP contribution in [0.4, 0.5) is 0 Å². The lowest BCUT2D eigenvalue weighted by Crippen LogP contribution is -2.65. The molecular weight excluding hydrogens is 1050 g/mol. The van der Waals surface area contributed by atoms with Crippen molar-refractivity contribution in [2.75, 3.05) is 19.8 Å². The first-order chi connectivity index (χ1) is 40.6. The fourth-order valence-electron chi connectivity index (χ4n) is 10.3. The van der Waals surface area contributed by atoms with Crippen LogP contribution in [-0.4, -0.2) is 140 Å². The molecule has 2 aliphatic heterocycles. The molecule has 0 bridgehead atoms. The van der Waals surface area contributed by atoms with Crippen molar-refractivity contribution >= 4 is 5.91 Å². The molecule has 478 valence electrons. The van der Waals surface area contributed by atoms with Crippen LogP contribution in [0.1, 0.15) is 239 Å². The number of nitrogens with one attached hydrogen (secondary N) is 1. The van der Waals surface area contributed by atoms with Gasteiger partial charge in [-0.1, -0.05) is 246 Å². The molecule has 83 heavy (non-hydrogen) atoms. The summed E-state index contributed by atoms with van der Waals surface area (Å²) in [5.74, 6) is -0.266. The molecule has 2 rings (SSSR count). The number of allylic oxidation sites excluding steroid dienone is 15. The van der Waals surface area contributed by atoms with Crippen LogP contribution >= 0.6 is 0 Å². The maximum atomic E-state index is 13.3. The van der Waals surface area contributed by atoms with Crippen LogP contribution in [0.25, 0.3) is 0 Å². The molecule has 2 saturated heterocycles. The summed E-state index contributed by atoms with van der Waals surface area (Å²) in [6.45, 7) is 2.67. The molecule has 14 heteroatoms. The quantitative estimate of drug-likeness (QED) is 0.0204. The van der Waals surface area contributed by atoms with Gasteiger partial charge in [0.25, 0.3) is 0 Å². The van der Waals surface area contributed by atoms with Crippen LogP contribution in [0, 0.1) is 0 Å². The van der Waals surface area contributed by atoms with E-state index in [4.69, 9.17) is 18.9 Å². The van der Waals surface area contributed by atoms with Gasteiger partial charge >= 0.3 is 0 Å². The van der Waals surface area contributed by atoms with Gasteiger partial charge in [-0.25, -0.2) is 0 Å². The monoisotopic (exact) mass is 1170 g/mol. The van der Waals surface area contributed by atoms with E-state index in [1.54, 1.807) is 6.08 Å². The molecule has 2 heterocycles. The van der Waals surface area contributed by atoms with Crippen molar-refractivity contribution in [1.82, 2.24) is 5.32 Å². The number of aliphatic hydroxyl groups is 8. The number of carbonyl (C=O) groups is 1. The fraction of sp³-hybridized carbons (Fsp3) is 0.754. The van der Waals surface area contributed by atoms with Gasteiger partial charge in [-0.2, -0.15) is 0 Å². The third-order valence-electron chi connectivity index (χ3n) is 15.5. The van der Waals surface area contributed by atoms with Crippen molar-refractivity contribution in [1.29, 1.82) is 0 Å². The lowest BCUT2D eigenvalue weighted by molar-refractivity contribution is -0.359. The van der Waals surface area contributed by atoms with E-state index >= 15 is 0 Å². The van der Waals surface area contributed by atoms with Crippen molar-refractivity contribution in [3.63, 3.8) is 0 Å². The van der Waals surface area contributed by atoms with Gasteiger partial charge in [0.05, 0.1) is 32.0 Å². The first-order valence-corrected chi connectivity index (χ1v) is 33.0. The van der Waals surface area contributed by atoms with Gasteiger partial charge in [0.1, 0.15) is 48.8 Å². The zero-order valence-electron chi connectivity index (χ0n) is 51.7. The number of ether oxygens (including phenoxy) is 4. The Bertz CT molecular complexity index is 1760. The molecule has 12 atom stereocenters. The summed E-state index contributed by atoms with van der Waals surface area (Å²) in [5, 5.41) is 87.3. The molecule has 2 fully saturated rings. The molecular formula is C69H119NO13. The molecule has 9 N–H and O–H groups in total. The summed E-state index contributed by atoms with van der Waals surface area (Å²) in [7, 11) is 0. The first kappa shape index (κ1) is 76.0. The molecule has 14 nitrogen and oxygen atoms in total. The molecule has 2 aliphatic rings. The van der Waals surface area contributed by atoms with Crippen LogP contribution in [0.2, 0.25) is 0 Å². The number of rotatable bonds is 52. The Hall–Kier alpha value is -3.09. The summed E-state index contributed by atoms with van der Waals surface area (Å²) in [5.41, 5.74) is 0. The summed E-state index contributed by atoms with van der Waals surface area (Å²) < 4.78 is 22.8. The van der Waals surface area contributed by atoms with E-state index < -0.39 is 86.8 Å². The summed E-state index contributed by atoms with van der Waals surface area (Å²) in [4.78, 5) is 13.3. The number of carbonyl (C=O) groups excluding carboxylic acids is 1. The molecule has 0 aliphatic carbocycles. The van der Waals surface area contributed by atoms with Crippen molar-refractivity contribution in [2.24, 2.45) is 0 Å². The van der Waals surface area contributed by atoms with Gasteiger partial charge in [-0.3, -0.25) is 4.79 Å². The van der Waals surface area contributed by atoms with Crippen molar-refractivity contribution in [3.05, 3.63) is 97.2 Å². The largest absolute Gasteiger partial charge is 0.394 e. The predicted molar refractivity (Wildman–Crippen MR) is 336 cm³/mol. The fourth-order valence-corrected chi connectivity index (χ4v) is 10.3. The van der Waals surface area contributed by atoms with Gasteiger partial charge in [0.2, 0.25) is 5.91 Å². The SMILES string of the molecule is CC/C=C\C/C=C\C/C=C\C/C=C\C/C=C\C/C=C\CCCCCCCCC(=O)NC(COC1OC(CO)C(OC2OC(CO)C(O)C(O)C2O)C(O)C1O)C(O)/C=C/CC/C=C/CCCCCCCCCCCCCCCCCCCC. The Morgan fingerprint density at radius 3 is 1.33 bits per heavy atom. The van der Waals surface area contributed by atoms with E-state index in [1.807, 2.05) is 6.08 Å². The summed E-state index contributed by atoms with van der Waals surface area (Å²) in [6.07, 6.45) is 57.3. The number of hydrogen-bond acceptors (Lipinski definition) is 13. The van der Waals surface area contributed by atoms with E-state index in [-0.39, 0.29) is 18.9 Å². The smallest absolute Gasteiger partial charge is 0.220 e. The second kappa shape index (κ2) is 53.2. The minimum Gasteiger partial charge on any atom is -0.394 e. The van der Waals surface area contributed by atoms with Crippen molar-refractivity contribution < 1.29 is 64.6 Å². The molecule has 0 spiro atoms. The first-order valence-electron chi connectivity index (χ1n) is 33.0. The normalized spacial score (nSPS) is 24.5. The highest BCUT2D eigenvalue weighted by atomic mass is 16.7. The lowest BCUT2D eigenvalue weighted by atomic mass is 9.97. The van der Waals surface area contributed by atoms with Crippen molar-refractivity contribution in [3.8, 4) is 0 Å². The van der Waals surface area contributed by atoms with E-state index in [0.29, 0.717) is 12.8 Å². The molecule has 0 aromatic heterocycles. The van der Waals surface area contributed by atoms with Crippen LogP contribution in [0.5, 0.6) is 0 Å². The maximum absolute atomic E-state index is 13.3. The van der Waals surface area contributed by atoms with Gasteiger partial charge in [0.15, 0.2) is 12.6 Å². The second-order valence-electron chi connectivity index (χ2n) is 22.9. The zero-order valence-corrected chi connectivity index (χ0v) is 51.7. The van der Waals surface area contributed by atoms with E-state index in [2.05, 4.69) is 104 Å². The Kier molecular flexibility index (Phi) is 48.7. The maximum Gasteiger partial charge on any atom is 0.220 e. The topological polar surface area (TPSA) is 228 Å². The average Bonchev–Trinajstić information content (AvgIpc) is 3.65.